The Kier molecular flexibility index (Phi) is 2.33. The van der Waals surface area contributed by atoms with Crippen molar-refractivity contribution in [3.05, 3.63) is 48.7 Å². The van der Waals surface area contributed by atoms with E-state index in [0.29, 0.717) is 0 Å². The maximum Gasteiger partial charge on any atom is 0.112 e. The van der Waals surface area contributed by atoms with Crippen molar-refractivity contribution in [2.24, 2.45) is 0 Å². The van der Waals surface area contributed by atoms with Gasteiger partial charge in [0.05, 0.1) is 17.4 Å². The summed E-state index contributed by atoms with van der Waals surface area (Å²) in [4.78, 5) is 4.33. The van der Waals surface area contributed by atoms with Crippen molar-refractivity contribution in [2.75, 3.05) is 0 Å². The largest absolute Gasteiger partial charge is 0.301 e. The number of hydrogen-bond donors (Lipinski definition) is 0. The van der Waals surface area contributed by atoms with E-state index in [9.17, 15) is 0 Å². The monoisotopic (exact) mass is 224 g/mol. The van der Waals surface area contributed by atoms with E-state index >= 15 is 0 Å². The fourth-order valence-electron chi connectivity index (χ4n) is 2.00. The minimum Gasteiger partial charge on any atom is -0.301 e. The first-order chi connectivity index (χ1) is 8.40. The average Bonchev–Trinajstić information content (AvgIpc) is 2.86. The molecule has 4 nitrogen and oxygen atoms in total. The van der Waals surface area contributed by atoms with Gasteiger partial charge in [0.1, 0.15) is 5.82 Å². The van der Waals surface area contributed by atoms with Gasteiger partial charge in [0.15, 0.2) is 0 Å². The van der Waals surface area contributed by atoms with Gasteiger partial charge in [-0.1, -0.05) is 25.1 Å². The lowest BCUT2D eigenvalue weighted by atomic mass is 10.2. The van der Waals surface area contributed by atoms with E-state index in [1.54, 1.807) is 6.20 Å². The molecule has 0 radical (unpaired) electrons. The Morgan fingerprint density at radius 1 is 1.24 bits per heavy atom. The third-order valence-electron chi connectivity index (χ3n) is 2.82. The molecule has 0 atom stereocenters. The van der Waals surface area contributed by atoms with E-state index < -0.39 is 0 Å². The van der Waals surface area contributed by atoms with E-state index in [1.165, 1.54) is 0 Å². The highest BCUT2D eigenvalue weighted by Gasteiger charge is 2.07. The van der Waals surface area contributed by atoms with E-state index in [0.717, 1.165) is 28.8 Å². The summed E-state index contributed by atoms with van der Waals surface area (Å²) in [5, 5.41) is 9.26. The SMILES string of the molecule is CCc1nccn1-c1cnnc2ccccc12. The van der Waals surface area contributed by atoms with Crippen LogP contribution in [0.3, 0.4) is 0 Å². The number of hydrogen-bond acceptors (Lipinski definition) is 3. The van der Waals surface area contributed by atoms with Crippen LogP contribution in [0.5, 0.6) is 0 Å². The Morgan fingerprint density at radius 3 is 3.00 bits per heavy atom. The molecule has 2 heterocycles. The molecule has 84 valence electrons. The van der Waals surface area contributed by atoms with Gasteiger partial charge in [0.25, 0.3) is 0 Å². The van der Waals surface area contributed by atoms with Crippen LogP contribution in [0.4, 0.5) is 0 Å². The Hall–Kier alpha value is -2.23. The standard InChI is InChI=1S/C13H12N4/c1-2-13-14-7-8-17(13)12-9-15-16-11-6-4-3-5-10(11)12/h3-9H,2H2,1H3. The van der Waals surface area contributed by atoms with Crippen LogP contribution >= 0.6 is 0 Å². The molecule has 0 aliphatic rings. The summed E-state index contributed by atoms with van der Waals surface area (Å²) in [7, 11) is 0. The molecule has 0 amide bonds. The van der Waals surface area contributed by atoms with Crippen LogP contribution in [-0.2, 0) is 6.42 Å². The lowest BCUT2D eigenvalue weighted by Crippen LogP contribution is -2.01. The van der Waals surface area contributed by atoms with Crippen LogP contribution in [-0.4, -0.2) is 19.7 Å². The zero-order chi connectivity index (χ0) is 11.7. The zero-order valence-electron chi connectivity index (χ0n) is 9.54. The molecule has 0 saturated carbocycles. The van der Waals surface area contributed by atoms with Crippen molar-refractivity contribution in [3.63, 3.8) is 0 Å². The summed E-state index contributed by atoms with van der Waals surface area (Å²) in [5.74, 6) is 1.03. The summed E-state index contributed by atoms with van der Waals surface area (Å²) in [6.45, 7) is 2.09. The molecule has 0 fully saturated rings. The van der Waals surface area contributed by atoms with Gasteiger partial charge in [-0.05, 0) is 6.07 Å². The lowest BCUT2D eigenvalue weighted by molar-refractivity contribution is 0.885. The first-order valence-corrected chi connectivity index (χ1v) is 5.63. The molecule has 3 rings (SSSR count). The highest BCUT2D eigenvalue weighted by molar-refractivity contribution is 5.86. The second kappa shape index (κ2) is 3.97. The van der Waals surface area contributed by atoms with E-state index in [2.05, 4.69) is 32.7 Å². The van der Waals surface area contributed by atoms with Crippen LogP contribution in [0, 0.1) is 0 Å². The molecular formula is C13H12N4. The van der Waals surface area contributed by atoms with Gasteiger partial charge in [-0.25, -0.2) is 4.98 Å². The molecule has 0 N–H and O–H groups in total. The van der Waals surface area contributed by atoms with Crippen LogP contribution in [0.25, 0.3) is 16.6 Å². The summed E-state index contributed by atoms with van der Waals surface area (Å²) in [6.07, 6.45) is 6.45. The molecule has 17 heavy (non-hydrogen) atoms. The van der Waals surface area contributed by atoms with Gasteiger partial charge in [-0.2, -0.15) is 10.2 Å². The maximum absolute atomic E-state index is 4.33. The zero-order valence-corrected chi connectivity index (χ0v) is 9.54. The maximum atomic E-state index is 4.33. The number of imidazole rings is 1. The molecule has 0 spiro atoms. The van der Waals surface area contributed by atoms with Gasteiger partial charge in [0.2, 0.25) is 0 Å². The van der Waals surface area contributed by atoms with Gasteiger partial charge < -0.3 is 4.57 Å². The Labute approximate surface area is 98.9 Å². The molecule has 0 unspecified atom stereocenters. The lowest BCUT2D eigenvalue weighted by Gasteiger charge is -2.08. The minimum atomic E-state index is 0.893. The van der Waals surface area contributed by atoms with E-state index in [4.69, 9.17) is 0 Å². The van der Waals surface area contributed by atoms with E-state index in [1.807, 2.05) is 30.6 Å². The van der Waals surface area contributed by atoms with Crippen molar-refractivity contribution in [1.29, 1.82) is 0 Å². The van der Waals surface area contributed by atoms with Crippen LogP contribution < -0.4 is 0 Å². The molecule has 3 aromatic rings. The van der Waals surface area contributed by atoms with Crippen molar-refractivity contribution < 1.29 is 0 Å². The van der Waals surface area contributed by atoms with Crippen LogP contribution in [0.15, 0.2) is 42.9 Å². The smallest absolute Gasteiger partial charge is 0.112 e. The van der Waals surface area contributed by atoms with Crippen LogP contribution in [0.1, 0.15) is 12.7 Å². The molecule has 1 aromatic carbocycles. The van der Waals surface area contributed by atoms with Crippen LogP contribution in [0.2, 0.25) is 0 Å². The first-order valence-electron chi connectivity index (χ1n) is 5.63. The number of benzene rings is 1. The Bertz CT molecular complexity index is 652. The quantitative estimate of drug-likeness (QED) is 0.671. The van der Waals surface area contributed by atoms with Gasteiger partial charge in [0, 0.05) is 24.2 Å². The topological polar surface area (TPSA) is 43.6 Å². The molecule has 0 saturated heterocycles. The van der Waals surface area contributed by atoms with Gasteiger partial charge in [-0.15, -0.1) is 0 Å². The second-order valence-electron chi connectivity index (χ2n) is 3.81. The predicted octanol–water partition coefficient (Wildman–Crippen LogP) is 2.38. The molecule has 4 heteroatoms. The summed E-state index contributed by atoms with van der Waals surface area (Å²) < 4.78 is 2.07. The predicted molar refractivity (Wildman–Crippen MR) is 66.0 cm³/mol. The number of nitrogens with zero attached hydrogens (tertiary/aromatic N) is 4. The highest BCUT2D eigenvalue weighted by Crippen LogP contribution is 2.20. The second-order valence-corrected chi connectivity index (χ2v) is 3.81. The highest BCUT2D eigenvalue weighted by atomic mass is 15.1. The van der Waals surface area contributed by atoms with Crippen molar-refractivity contribution in [1.82, 2.24) is 19.7 Å². The third kappa shape index (κ3) is 1.58. The summed E-state index contributed by atoms with van der Waals surface area (Å²) in [5.41, 5.74) is 1.94. The molecule has 0 aliphatic carbocycles. The van der Waals surface area contributed by atoms with Crippen molar-refractivity contribution >= 4 is 10.9 Å². The molecule has 2 aromatic heterocycles. The normalized spacial score (nSPS) is 10.9. The Balaban J connectivity index is 2.31. The van der Waals surface area contributed by atoms with Gasteiger partial charge in [-0.3, -0.25) is 0 Å². The fourth-order valence-corrected chi connectivity index (χ4v) is 2.00. The van der Waals surface area contributed by atoms with Gasteiger partial charge >= 0.3 is 0 Å². The third-order valence-corrected chi connectivity index (χ3v) is 2.82. The molecular weight excluding hydrogens is 212 g/mol. The average molecular weight is 224 g/mol. The fraction of sp³-hybridized carbons (Fsp3) is 0.154. The summed E-state index contributed by atoms with van der Waals surface area (Å²) in [6, 6.07) is 8.00. The summed E-state index contributed by atoms with van der Waals surface area (Å²) >= 11 is 0. The molecule has 0 bridgehead atoms. The Morgan fingerprint density at radius 2 is 2.12 bits per heavy atom. The number of aromatic nitrogens is 4. The number of aryl methyl sites for hydroxylation is 1. The number of rotatable bonds is 2. The number of fused-ring (bicyclic) bond motifs is 1. The van der Waals surface area contributed by atoms with Crippen molar-refractivity contribution in [2.45, 2.75) is 13.3 Å². The minimum absolute atomic E-state index is 0.893. The molecule has 0 aliphatic heterocycles. The van der Waals surface area contributed by atoms with Crippen molar-refractivity contribution in [3.8, 4) is 5.69 Å². The van der Waals surface area contributed by atoms with E-state index in [-0.39, 0.29) is 0 Å². The first kappa shape index (κ1) is 9.96.